The van der Waals surface area contributed by atoms with Gasteiger partial charge >= 0.3 is 0 Å². The molecule has 2 heterocycles. The highest BCUT2D eigenvalue weighted by molar-refractivity contribution is 7.10. The maximum absolute atomic E-state index is 11.7. The van der Waals surface area contributed by atoms with Gasteiger partial charge in [-0.3, -0.25) is 4.79 Å². The molecule has 7 heteroatoms. The van der Waals surface area contributed by atoms with Crippen molar-refractivity contribution in [2.24, 2.45) is 0 Å². The Kier molecular flexibility index (Phi) is 3.54. The van der Waals surface area contributed by atoms with Crippen molar-refractivity contribution in [1.82, 2.24) is 9.78 Å². The van der Waals surface area contributed by atoms with Crippen LogP contribution in [0.5, 0.6) is 0 Å². The van der Waals surface area contributed by atoms with Gasteiger partial charge in [0.05, 0.1) is 22.8 Å². The molecule has 0 amide bonds. The molecular weight excluding hydrogens is 291 g/mol. The zero-order valence-corrected chi connectivity index (χ0v) is 10.9. The van der Waals surface area contributed by atoms with Gasteiger partial charge in [0.25, 0.3) is 5.56 Å². The maximum atomic E-state index is 11.7. The number of aromatic nitrogens is 2. The zero-order chi connectivity index (χ0) is 11.7. The average molecular weight is 296 g/mol. The molecule has 0 aliphatic rings. The Bertz CT molecular complexity index is 578. The van der Waals surface area contributed by atoms with Crippen LogP contribution in [0.15, 0.2) is 22.4 Å². The van der Waals surface area contributed by atoms with E-state index in [1.54, 1.807) is 6.07 Å². The molecule has 0 saturated heterocycles. The van der Waals surface area contributed by atoms with Crippen LogP contribution in [0.2, 0.25) is 15.1 Å². The van der Waals surface area contributed by atoms with E-state index in [0.717, 1.165) is 4.88 Å². The van der Waals surface area contributed by atoms with E-state index in [0.29, 0.717) is 11.6 Å². The summed E-state index contributed by atoms with van der Waals surface area (Å²) in [6.45, 7) is 0.298. The summed E-state index contributed by atoms with van der Waals surface area (Å²) in [5.74, 6) is 0. The van der Waals surface area contributed by atoms with Crippen LogP contribution >= 0.6 is 46.1 Å². The minimum absolute atomic E-state index is 0.0238. The van der Waals surface area contributed by atoms with Gasteiger partial charge in [-0.15, -0.1) is 11.3 Å². The Labute approximate surface area is 110 Å². The predicted octanol–water partition coefficient (Wildman–Crippen LogP) is 3.31. The second-order valence-electron chi connectivity index (χ2n) is 2.96. The van der Waals surface area contributed by atoms with Gasteiger partial charge in [0, 0.05) is 4.88 Å². The summed E-state index contributed by atoms with van der Waals surface area (Å²) in [5, 5.41) is 6.48. The van der Waals surface area contributed by atoms with Crippen molar-refractivity contribution in [1.29, 1.82) is 0 Å². The number of thiophene rings is 1. The standard InChI is InChI=1S/C9H5Cl3N2OS/c10-5-1-2-16-7(5)4-14-9(15)8(12)6(11)3-13-14/h1-3H,4H2. The summed E-state index contributed by atoms with van der Waals surface area (Å²) >= 11 is 18.8. The van der Waals surface area contributed by atoms with Crippen LogP contribution in [0, 0.1) is 0 Å². The van der Waals surface area contributed by atoms with E-state index in [2.05, 4.69) is 5.10 Å². The highest BCUT2D eigenvalue weighted by atomic mass is 35.5. The van der Waals surface area contributed by atoms with Crippen LogP contribution in [0.25, 0.3) is 0 Å². The molecule has 0 radical (unpaired) electrons. The van der Waals surface area contributed by atoms with E-state index in [-0.39, 0.29) is 10.0 Å². The molecule has 2 aromatic rings. The molecule has 0 bridgehead atoms. The van der Waals surface area contributed by atoms with Crippen LogP contribution in [-0.2, 0) is 6.54 Å². The van der Waals surface area contributed by atoms with Crippen LogP contribution in [0.3, 0.4) is 0 Å². The van der Waals surface area contributed by atoms with Gasteiger partial charge in [-0.05, 0) is 11.4 Å². The Morgan fingerprint density at radius 1 is 1.31 bits per heavy atom. The topological polar surface area (TPSA) is 34.9 Å². The lowest BCUT2D eigenvalue weighted by molar-refractivity contribution is 0.646. The molecule has 0 aliphatic carbocycles. The molecule has 84 valence electrons. The van der Waals surface area contributed by atoms with Crippen LogP contribution in [0.4, 0.5) is 0 Å². The zero-order valence-electron chi connectivity index (χ0n) is 7.78. The average Bonchev–Trinajstić information content (AvgIpc) is 2.65. The van der Waals surface area contributed by atoms with Gasteiger partial charge in [-0.2, -0.15) is 5.10 Å². The number of hydrogen-bond acceptors (Lipinski definition) is 3. The normalized spacial score (nSPS) is 10.7. The van der Waals surface area contributed by atoms with Crippen molar-refractivity contribution < 1.29 is 0 Å². The Balaban J connectivity index is 2.40. The number of hydrogen-bond donors (Lipinski definition) is 0. The molecule has 3 nitrogen and oxygen atoms in total. The molecule has 0 saturated carbocycles. The highest BCUT2D eigenvalue weighted by Gasteiger charge is 2.09. The van der Waals surface area contributed by atoms with E-state index >= 15 is 0 Å². The van der Waals surface area contributed by atoms with Crippen LogP contribution in [-0.4, -0.2) is 9.78 Å². The molecule has 0 fully saturated rings. The molecule has 0 aliphatic heterocycles. The third-order valence-electron chi connectivity index (χ3n) is 1.93. The fourth-order valence-corrected chi connectivity index (χ4v) is 2.48. The molecular formula is C9H5Cl3N2OS. The molecule has 0 N–H and O–H groups in total. The van der Waals surface area contributed by atoms with Crippen LogP contribution in [0.1, 0.15) is 4.88 Å². The third-order valence-corrected chi connectivity index (χ3v) is 4.05. The van der Waals surface area contributed by atoms with E-state index in [4.69, 9.17) is 34.8 Å². The summed E-state index contributed by atoms with van der Waals surface area (Å²) < 4.78 is 1.23. The summed E-state index contributed by atoms with van der Waals surface area (Å²) in [7, 11) is 0. The van der Waals surface area contributed by atoms with E-state index in [1.165, 1.54) is 22.2 Å². The number of halogens is 3. The van der Waals surface area contributed by atoms with Crippen molar-refractivity contribution in [2.45, 2.75) is 6.54 Å². The fourth-order valence-electron chi connectivity index (χ4n) is 1.13. The lowest BCUT2D eigenvalue weighted by atomic mass is 10.4. The summed E-state index contributed by atoms with van der Waals surface area (Å²) in [5.41, 5.74) is -0.418. The van der Waals surface area contributed by atoms with Crippen LogP contribution < -0.4 is 5.56 Å². The van der Waals surface area contributed by atoms with Crippen molar-refractivity contribution >= 4 is 46.1 Å². The lowest BCUT2D eigenvalue weighted by Crippen LogP contribution is -2.23. The Morgan fingerprint density at radius 3 is 2.69 bits per heavy atom. The lowest BCUT2D eigenvalue weighted by Gasteiger charge is -2.04. The van der Waals surface area contributed by atoms with Gasteiger partial charge in [0.1, 0.15) is 5.02 Å². The van der Waals surface area contributed by atoms with Crippen molar-refractivity contribution in [3.63, 3.8) is 0 Å². The SMILES string of the molecule is O=c1c(Cl)c(Cl)cnn1Cc1sccc1Cl. The van der Waals surface area contributed by atoms with Crippen molar-refractivity contribution in [2.75, 3.05) is 0 Å². The Morgan fingerprint density at radius 2 is 2.06 bits per heavy atom. The minimum Gasteiger partial charge on any atom is -0.266 e. The van der Waals surface area contributed by atoms with Gasteiger partial charge in [-0.25, -0.2) is 4.68 Å². The number of nitrogens with zero attached hydrogens (tertiary/aromatic N) is 2. The first-order valence-electron chi connectivity index (χ1n) is 4.22. The van der Waals surface area contributed by atoms with Gasteiger partial charge < -0.3 is 0 Å². The van der Waals surface area contributed by atoms with Gasteiger partial charge in [0.15, 0.2) is 0 Å². The molecule has 2 rings (SSSR count). The molecule has 0 spiro atoms. The maximum Gasteiger partial charge on any atom is 0.287 e. The second kappa shape index (κ2) is 4.75. The minimum atomic E-state index is -0.418. The summed E-state index contributed by atoms with van der Waals surface area (Å²) in [6.07, 6.45) is 1.34. The largest absolute Gasteiger partial charge is 0.287 e. The monoisotopic (exact) mass is 294 g/mol. The quantitative estimate of drug-likeness (QED) is 0.852. The first kappa shape index (κ1) is 11.9. The predicted molar refractivity (Wildman–Crippen MR) is 66.9 cm³/mol. The second-order valence-corrected chi connectivity index (χ2v) is 5.15. The highest BCUT2D eigenvalue weighted by Crippen LogP contribution is 2.22. The Hall–Kier alpha value is -0.550. The molecule has 2 aromatic heterocycles. The van der Waals surface area contributed by atoms with Crippen molar-refractivity contribution in [3.05, 3.63) is 47.9 Å². The first-order chi connectivity index (χ1) is 7.59. The van der Waals surface area contributed by atoms with E-state index < -0.39 is 5.56 Å². The smallest absolute Gasteiger partial charge is 0.266 e. The fraction of sp³-hybridized carbons (Fsp3) is 0.111. The molecule has 16 heavy (non-hydrogen) atoms. The third kappa shape index (κ3) is 2.25. The van der Waals surface area contributed by atoms with Gasteiger partial charge in [0.2, 0.25) is 0 Å². The van der Waals surface area contributed by atoms with Crippen molar-refractivity contribution in [3.8, 4) is 0 Å². The molecule has 0 aromatic carbocycles. The van der Waals surface area contributed by atoms with E-state index in [1.807, 2.05) is 5.38 Å². The summed E-state index contributed by atoms with van der Waals surface area (Å²) in [6, 6.07) is 1.77. The van der Waals surface area contributed by atoms with Gasteiger partial charge in [-0.1, -0.05) is 34.8 Å². The van der Waals surface area contributed by atoms with E-state index in [9.17, 15) is 4.79 Å². The molecule has 0 atom stereocenters. The first-order valence-corrected chi connectivity index (χ1v) is 6.24. The molecule has 0 unspecified atom stereocenters. The number of rotatable bonds is 2. The summed E-state index contributed by atoms with van der Waals surface area (Å²) in [4.78, 5) is 12.5.